The summed E-state index contributed by atoms with van der Waals surface area (Å²) in [5.74, 6) is 0.211. The monoisotopic (exact) mass is 282 g/mol. The minimum Gasteiger partial charge on any atom is -0.390 e. The molecule has 0 saturated heterocycles. The van der Waals surface area contributed by atoms with Gasteiger partial charge in [0.2, 0.25) is 0 Å². The topological polar surface area (TPSA) is 35.9 Å². The fraction of sp³-hybridized carbons (Fsp3) is 0.750. The fourth-order valence-corrected chi connectivity index (χ4v) is 2.31. The second-order valence-electron chi connectivity index (χ2n) is 4.59. The van der Waals surface area contributed by atoms with Gasteiger partial charge in [0, 0.05) is 18.3 Å². The Morgan fingerprint density at radius 2 is 1.89 bits per heavy atom. The third kappa shape index (κ3) is 4.88. The van der Waals surface area contributed by atoms with Crippen LogP contribution in [0.5, 0.6) is 0 Å². The quantitative estimate of drug-likeness (QED) is 0.583. The van der Waals surface area contributed by atoms with Crippen LogP contribution >= 0.6 is 11.6 Å². The van der Waals surface area contributed by atoms with Crippen molar-refractivity contribution in [1.82, 2.24) is 5.32 Å². The Bertz CT molecular complexity index is 307. The van der Waals surface area contributed by atoms with E-state index in [9.17, 15) is 13.2 Å². The van der Waals surface area contributed by atoms with Crippen LogP contribution in [-0.2, 0) is 0 Å². The first kappa shape index (κ1) is 15.3. The molecule has 2 nitrogen and oxygen atoms in total. The number of allylic oxidation sites excluding steroid dienone is 1. The van der Waals surface area contributed by atoms with Crippen molar-refractivity contribution in [2.45, 2.75) is 38.3 Å². The molecule has 0 aromatic heterocycles. The summed E-state index contributed by atoms with van der Waals surface area (Å²) in [6.45, 7) is 0.658. The van der Waals surface area contributed by atoms with Crippen molar-refractivity contribution in [3.8, 4) is 0 Å². The van der Waals surface area contributed by atoms with Crippen LogP contribution in [0.25, 0.3) is 0 Å². The predicted octanol–water partition coefficient (Wildman–Crippen LogP) is 3.86. The summed E-state index contributed by atoms with van der Waals surface area (Å²) in [4.78, 5) is 0. The number of halogens is 4. The van der Waals surface area contributed by atoms with Gasteiger partial charge in [-0.05, 0) is 18.8 Å². The van der Waals surface area contributed by atoms with Gasteiger partial charge in [0.25, 0.3) is 0 Å². The van der Waals surface area contributed by atoms with Gasteiger partial charge in [0.05, 0.1) is 5.88 Å². The zero-order valence-electron chi connectivity index (χ0n) is 10.1. The Kier molecular flexibility index (Phi) is 5.99. The summed E-state index contributed by atoms with van der Waals surface area (Å²) in [6, 6.07) is 0. The van der Waals surface area contributed by atoms with Gasteiger partial charge in [-0.3, -0.25) is 5.41 Å². The van der Waals surface area contributed by atoms with E-state index in [2.05, 4.69) is 5.32 Å². The second kappa shape index (κ2) is 7.02. The molecule has 104 valence electrons. The maximum Gasteiger partial charge on any atom is 0.433 e. The van der Waals surface area contributed by atoms with Crippen LogP contribution in [0.2, 0.25) is 0 Å². The second-order valence-corrected chi connectivity index (χ2v) is 4.86. The van der Waals surface area contributed by atoms with Crippen molar-refractivity contribution in [3.63, 3.8) is 0 Å². The molecule has 1 saturated carbocycles. The Balaban J connectivity index is 2.44. The highest BCUT2D eigenvalue weighted by Gasteiger charge is 2.36. The van der Waals surface area contributed by atoms with Gasteiger partial charge in [-0.1, -0.05) is 19.3 Å². The lowest BCUT2D eigenvalue weighted by Gasteiger charge is -2.21. The van der Waals surface area contributed by atoms with Crippen molar-refractivity contribution < 1.29 is 13.2 Å². The first-order valence-corrected chi connectivity index (χ1v) is 6.63. The van der Waals surface area contributed by atoms with Gasteiger partial charge in [-0.2, -0.15) is 13.2 Å². The summed E-state index contributed by atoms with van der Waals surface area (Å²) in [5.41, 5.74) is -1.58. The van der Waals surface area contributed by atoms with E-state index in [-0.39, 0.29) is 11.5 Å². The van der Waals surface area contributed by atoms with Crippen LogP contribution in [-0.4, -0.2) is 24.3 Å². The lowest BCUT2D eigenvalue weighted by atomic mass is 9.89. The largest absolute Gasteiger partial charge is 0.433 e. The predicted molar refractivity (Wildman–Crippen MR) is 67.2 cm³/mol. The van der Waals surface area contributed by atoms with Crippen LogP contribution in [0.15, 0.2) is 11.8 Å². The first-order chi connectivity index (χ1) is 8.45. The van der Waals surface area contributed by atoms with Crippen molar-refractivity contribution in [2.75, 3.05) is 12.4 Å². The molecule has 1 aliphatic rings. The third-order valence-electron chi connectivity index (χ3n) is 3.16. The molecule has 1 fully saturated rings. The average molecular weight is 283 g/mol. The van der Waals surface area contributed by atoms with Gasteiger partial charge in [0.15, 0.2) is 0 Å². The molecule has 2 N–H and O–H groups in total. The van der Waals surface area contributed by atoms with Gasteiger partial charge >= 0.3 is 6.18 Å². The van der Waals surface area contributed by atoms with Crippen LogP contribution in [0.4, 0.5) is 13.2 Å². The zero-order chi connectivity index (χ0) is 13.6. The minimum atomic E-state index is -4.63. The Labute approximate surface area is 110 Å². The number of nitrogens with one attached hydrogen (secondary N) is 2. The zero-order valence-corrected chi connectivity index (χ0v) is 10.9. The molecule has 1 aliphatic carbocycles. The fourth-order valence-electron chi connectivity index (χ4n) is 2.10. The van der Waals surface area contributed by atoms with E-state index in [0.717, 1.165) is 12.8 Å². The van der Waals surface area contributed by atoms with E-state index in [0.29, 0.717) is 12.5 Å². The van der Waals surface area contributed by atoms with Crippen LogP contribution in [0, 0.1) is 11.3 Å². The lowest BCUT2D eigenvalue weighted by Crippen LogP contribution is -2.27. The first-order valence-electron chi connectivity index (χ1n) is 6.09. The molecule has 0 radical (unpaired) electrons. The van der Waals surface area contributed by atoms with Gasteiger partial charge in [-0.15, -0.1) is 11.6 Å². The van der Waals surface area contributed by atoms with E-state index in [4.69, 9.17) is 17.0 Å². The molecule has 0 atom stereocenters. The number of hydrogen-bond acceptors (Lipinski definition) is 2. The molecular formula is C12H18ClF3N2. The molecule has 0 unspecified atom stereocenters. The van der Waals surface area contributed by atoms with E-state index >= 15 is 0 Å². The van der Waals surface area contributed by atoms with Gasteiger partial charge < -0.3 is 5.32 Å². The molecule has 0 aromatic rings. The summed E-state index contributed by atoms with van der Waals surface area (Å²) in [6.07, 6.45) is 2.47. The van der Waals surface area contributed by atoms with E-state index in [1.807, 2.05) is 0 Å². The maximum atomic E-state index is 12.3. The minimum absolute atomic E-state index is 0.208. The SMILES string of the molecule is N=C(/C(=C\NCC1CCCCC1)CCl)C(F)(F)F. The molecule has 0 amide bonds. The lowest BCUT2D eigenvalue weighted by molar-refractivity contribution is -0.0589. The van der Waals surface area contributed by atoms with Crippen LogP contribution < -0.4 is 5.32 Å². The van der Waals surface area contributed by atoms with Crippen molar-refractivity contribution in [2.24, 2.45) is 5.92 Å². The molecule has 0 bridgehead atoms. The van der Waals surface area contributed by atoms with E-state index in [1.165, 1.54) is 25.5 Å². The maximum absolute atomic E-state index is 12.3. The molecule has 0 heterocycles. The van der Waals surface area contributed by atoms with Crippen LogP contribution in [0.1, 0.15) is 32.1 Å². The molecule has 6 heteroatoms. The van der Waals surface area contributed by atoms with Crippen molar-refractivity contribution in [1.29, 1.82) is 5.41 Å². The molecule has 1 rings (SSSR count). The Morgan fingerprint density at radius 3 is 2.39 bits per heavy atom. The standard InChI is InChI=1S/C12H18ClF3N2/c13-6-10(11(17)12(14,15)16)8-18-7-9-4-2-1-3-5-9/h8-9,17-18H,1-7H2/b10-8-,17-11?. The molecule has 0 aliphatic heterocycles. The summed E-state index contributed by atoms with van der Waals surface area (Å²) in [7, 11) is 0. The highest BCUT2D eigenvalue weighted by Crippen LogP contribution is 2.23. The van der Waals surface area contributed by atoms with Gasteiger partial charge in [0.1, 0.15) is 5.71 Å². The highest BCUT2D eigenvalue weighted by molar-refractivity contribution is 6.23. The number of rotatable bonds is 5. The highest BCUT2D eigenvalue weighted by atomic mass is 35.5. The smallest absolute Gasteiger partial charge is 0.390 e. The molecule has 18 heavy (non-hydrogen) atoms. The normalized spacial score (nSPS) is 18.8. The number of alkyl halides is 4. The Hall–Kier alpha value is -0.710. The summed E-state index contributed by atoms with van der Waals surface area (Å²) >= 11 is 5.44. The van der Waals surface area contributed by atoms with E-state index < -0.39 is 11.9 Å². The van der Waals surface area contributed by atoms with Crippen LogP contribution in [0.3, 0.4) is 0 Å². The van der Waals surface area contributed by atoms with E-state index in [1.54, 1.807) is 0 Å². The third-order valence-corrected chi connectivity index (χ3v) is 3.44. The molecular weight excluding hydrogens is 265 g/mol. The summed E-state index contributed by atoms with van der Waals surface area (Å²) < 4.78 is 36.9. The molecule has 0 aromatic carbocycles. The van der Waals surface area contributed by atoms with Gasteiger partial charge in [-0.25, -0.2) is 0 Å². The summed E-state index contributed by atoms with van der Waals surface area (Å²) in [5, 5.41) is 9.87. The van der Waals surface area contributed by atoms with Crippen molar-refractivity contribution >= 4 is 17.3 Å². The number of hydrogen-bond donors (Lipinski definition) is 2. The molecule has 0 spiro atoms. The average Bonchev–Trinajstić information content (AvgIpc) is 2.34. The Morgan fingerprint density at radius 1 is 1.28 bits per heavy atom. The van der Waals surface area contributed by atoms with Crippen molar-refractivity contribution in [3.05, 3.63) is 11.8 Å².